The van der Waals surface area contributed by atoms with E-state index in [1.165, 1.54) is 12.8 Å². The average Bonchev–Trinajstić information content (AvgIpc) is 3.04. The number of hydrogen-bond donors (Lipinski definition) is 1. The van der Waals surface area contributed by atoms with Gasteiger partial charge in [-0.3, -0.25) is 4.99 Å². The molecule has 25 heavy (non-hydrogen) atoms. The van der Waals surface area contributed by atoms with Crippen LogP contribution in [-0.4, -0.2) is 46.6 Å². The molecule has 0 saturated carbocycles. The Morgan fingerprint density at radius 2 is 2.12 bits per heavy atom. The molecular formula is C19H36IN5. The molecule has 1 aromatic heterocycles. The average molecular weight is 461 g/mol. The van der Waals surface area contributed by atoms with Crippen molar-refractivity contribution in [3.8, 4) is 0 Å². The third-order valence-corrected chi connectivity index (χ3v) is 4.81. The highest BCUT2D eigenvalue weighted by Gasteiger charge is 2.28. The summed E-state index contributed by atoms with van der Waals surface area (Å²) in [6, 6.07) is 0.472. The standard InChI is InChI=1S/C19H35N5.HI/c1-6-21-18(22-10-7-9-19(3,4)5)23-12-8-16(2)17(14-23)24-13-11-20-15-24;/h11,13,15-17H,6-10,12,14H2,1-5H3,(H,21,22);1H. The van der Waals surface area contributed by atoms with Gasteiger partial charge in [0.15, 0.2) is 5.96 Å². The van der Waals surface area contributed by atoms with E-state index in [0.29, 0.717) is 17.4 Å². The van der Waals surface area contributed by atoms with Crippen molar-refractivity contribution in [2.45, 2.75) is 59.9 Å². The van der Waals surface area contributed by atoms with Crippen LogP contribution in [0.15, 0.2) is 23.7 Å². The van der Waals surface area contributed by atoms with E-state index in [-0.39, 0.29) is 24.0 Å². The Labute approximate surface area is 170 Å². The Kier molecular flexibility index (Phi) is 9.24. The molecule has 0 aliphatic carbocycles. The maximum Gasteiger partial charge on any atom is 0.193 e. The van der Waals surface area contributed by atoms with Gasteiger partial charge in [0, 0.05) is 38.6 Å². The summed E-state index contributed by atoms with van der Waals surface area (Å²) in [6.45, 7) is 15.3. The molecule has 0 amide bonds. The molecule has 1 saturated heterocycles. The van der Waals surface area contributed by atoms with Crippen LogP contribution in [0.4, 0.5) is 0 Å². The van der Waals surface area contributed by atoms with Crippen LogP contribution in [-0.2, 0) is 0 Å². The fourth-order valence-electron chi connectivity index (χ4n) is 3.32. The second-order valence-electron chi connectivity index (χ2n) is 8.19. The molecule has 6 heteroatoms. The number of hydrogen-bond acceptors (Lipinski definition) is 2. The summed E-state index contributed by atoms with van der Waals surface area (Å²) < 4.78 is 2.25. The lowest BCUT2D eigenvalue weighted by Crippen LogP contribution is -2.49. The maximum absolute atomic E-state index is 4.89. The van der Waals surface area contributed by atoms with Gasteiger partial charge in [-0.25, -0.2) is 4.98 Å². The maximum atomic E-state index is 4.89. The molecule has 144 valence electrons. The lowest BCUT2D eigenvalue weighted by atomic mass is 9.91. The summed E-state index contributed by atoms with van der Waals surface area (Å²) in [7, 11) is 0. The molecule has 5 nitrogen and oxygen atoms in total. The van der Waals surface area contributed by atoms with Gasteiger partial charge in [0.1, 0.15) is 0 Å². The largest absolute Gasteiger partial charge is 0.357 e. The quantitative estimate of drug-likeness (QED) is 0.310. The van der Waals surface area contributed by atoms with Gasteiger partial charge in [-0.15, -0.1) is 24.0 Å². The number of rotatable bonds is 5. The molecule has 0 bridgehead atoms. The summed E-state index contributed by atoms with van der Waals surface area (Å²) in [6.07, 6.45) is 9.45. The van der Waals surface area contributed by atoms with E-state index < -0.39 is 0 Å². The first kappa shape index (κ1) is 22.3. The van der Waals surface area contributed by atoms with Crippen molar-refractivity contribution in [3.05, 3.63) is 18.7 Å². The molecule has 2 rings (SSSR count). The van der Waals surface area contributed by atoms with Crippen LogP contribution >= 0.6 is 24.0 Å². The number of nitrogens with one attached hydrogen (secondary N) is 1. The molecule has 2 heterocycles. The molecule has 1 N–H and O–H groups in total. The van der Waals surface area contributed by atoms with E-state index in [9.17, 15) is 0 Å². The number of nitrogens with zero attached hydrogens (tertiary/aromatic N) is 4. The van der Waals surface area contributed by atoms with Crippen LogP contribution in [0.2, 0.25) is 0 Å². The van der Waals surface area contributed by atoms with Crippen LogP contribution in [0.3, 0.4) is 0 Å². The Morgan fingerprint density at radius 1 is 1.36 bits per heavy atom. The van der Waals surface area contributed by atoms with Crippen LogP contribution < -0.4 is 5.32 Å². The van der Waals surface area contributed by atoms with Crippen LogP contribution in [0.1, 0.15) is 59.9 Å². The lowest BCUT2D eigenvalue weighted by molar-refractivity contribution is 0.189. The molecule has 0 spiro atoms. The van der Waals surface area contributed by atoms with Gasteiger partial charge < -0.3 is 14.8 Å². The Bertz CT molecular complexity index is 506. The van der Waals surface area contributed by atoms with Gasteiger partial charge in [0.2, 0.25) is 0 Å². The van der Waals surface area contributed by atoms with E-state index in [4.69, 9.17) is 4.99 Å². The SMILES string of the molecule is CCNC(=NCCCC(C)(C)C)N1CCC(C)C(n2ccnc2)C1.I. The number of aromatic nitrogens is 2. The normalized spacial score (nSPS) is 21.8. The highest BCUT2D eigenvalue weighted by molar-refractivity contribution is 14.0. The smallest absolute Gasteiger partial charge is 0.193 e. The van der Waals surface area contributed by atoms with E-state index in [0.717, 1.165) is 38.6 Å². The highest BCUT2D eigenvalue weighted by Crippen LogP contribution is 2.27. The van der Waals surface area contributed by atoms with E-state index in [1.54, 1.807) is 0 Å². The van der Waals surface area contributed by atoms with Crippen LogP contribution in [0.5, 0.6) is 0 Å². The molecule has 1 aromatic rings. The zero-order chi connectivity index (χ0) is 17.6. The minimum absolute atomic E-state index is 0. The van der Waals surface area contributed by atoms with Gasteiger partial charge in [-0.05, 0) is 37.5 Å². The van der Waals surface area contributed by atoms with E-state index in [2.05, 4.69) is 60.6 Å². The van der Waals surface area contributed by atoms with Crippen molar-refractivity contribution < 1.29 is 0 Å². The zero-order valence-electron chi connectivity index (χ0n) is 16.5. The van der Waals surface area contributed by atoms with Gasteiger partial charge in [-0.1, -0.05) is 27.7 Å². The molecule has 2 atom stereocenters. The van der Waals surface area contributed by atoms with Crippen LogP contribution in [0, 0.1) is 11.3 Å². The summed E-state index contributed by atoms with van der Waals surface area (Å²) in [5.74, 6) is 1.74. The van der Waals surface area contributed by atoms with Crippen molar-refractivity contribution >= 4 is 29.9 Å². The number of piperidine rings is 1. The number of halogens is 1. The molecule has 0 radical (unpaired) electrons. The van der Waals surface area contributed by atoms with Crippen molar-refractivity contribution in [2.24, 2.45) is 16.3 Å². The van der Waals surface area contributed by atoms with Crippen LogP contribution in [0.25, 0.3) is 0 Å². The second-order valence-corrected chi connectivity index (χ2v) is 8.19. The Balaban J connectivity index is 0.00000312. The van der Waals surface area contributed by atoms with Crippen molar-refractivity contribution in [3.63, 3.8) is 0 Å². The van der Waals surface area contributed by atoms with Gasteiger partial charge in [0.05, 0.1) is 12.4 Å². The lowest BCUT2D eigenvalue weighted by Gasteiger charge is -2.39. The molecule has 1 fully saturated rings. The molecule has 2 unspecified atom stereocenters. The predicted octanol–water partition coefficient (Wildman–Crippen LogP) is 4.18. The van der Waals surface area contributed by atoms with Gasteiger partial charge >= 0.3 is 0 Å². The molecule has 0 aromatic carbocycles. The monoisotopic (exact) mass is 461 g/mol. The highest BCUT2D eigenvalue weighted by atomic mass is 127. The second kappa shape index (κ2) is 10.4. The minimum Gasteiger partial charge on any atom is -0.357 e. The summed E-state index contributed by atoms with van der Waals surface area (Å²) in [5, 5.41) is 3.48. The Hall–Kier alpha value is -0.790. The van der Waals surface area contributed by atoms with E-state index in [1.807, 2.05) is 12.5 Å². The van der Waals surface area contributed by atoms with Crippen molar-refractivity contribution in [1.82, 2.24) is 19.8 Å². The summed E-state index contributed by atoms with van der Waals surface area (Å²) >= 11 is 0. The van der Waals surface area contributed by atoms with Gasteiger partial charge in [-0.2, -0.15) is 0 Å². The zero-order valence-corrected chi connectivity index (χ0v) is 18.9. The number of aliphatic imine (C=N–C) groups is 1. The fourth-order valence-corrected chi connectivity index (χ4v) is 3.32. The Morgan fingerprint density at radius 3 is 2.72 bits per heavy atom. The van der Waals surface area contributed by atoms with E-state index >= 15 is 0 Å². The molecule has 1 aliphatic rings. The molecule has 1 aliphatic heterocycles. The first-order valence-electron chi connectivity index (χ1n) is 9.41. The molecular weight excluding hydrogens is 425 g/mol. The fraction of sp³-hybridized carbons (Fsp3) is 0.789. The van der Waals surface area contributed by atoms with Crippen molar-refractivity contribution in [2.75, 3.05) is 26.2 Å². The number of likely N-dealkylation sites (tertiary alicyclic amines) is 1. The van der Waals surface area contributed by atoms with Gasteiger partial charge in [0.25, 0.3) is 0 Å². The first-order valence-corrected chi connectivity index (χ1v) is 9.41. The topological polar surface area (TPSA) is 45.5 Å². The first-order chi connectivity index (χ1) is 11.4. The third kappa shape index (κ3) is 7.15. The van der Waals surface area contributed by atoms with Crippen molar-refractivity contribution in [1.29, 1.82) is 0 Å². The summed E-state index contributed by atoms with van der Waals surface area (Å²) in [5.41, 5.74) is 0.390. The summed E-state index contributed by atoms with van der Waals surface area (Å²) in [4.78, 5) is 11.5. The third-order valence-electron chi connectivity index (χ3n) is 4.81. The number of imidazole rings is 1. The number of guanidine groups is 1. The minimum atomic E-state index is 0. The predicted molar refractivity (Wildman–Crippen MR) is 117 cm³/mol.